The molecule has 0 aliphatic heterocycles. The third-order valence-electron chi connectivity index (χ3n) is 3.55. The lowest BCUT2D eigenvalue weighted by Crippen LogP contribution is -2.22. The van der Waals surface area contributed by atoms with E-state index in [1.54, 1.807) is 0 Å². The van der Waals surface area contributed by atoms with Gasteiger partial charge in [0, 0.05) is 24.7 Å². The number of nitrogens with zero attached hydrogens (tertiary/aromatic N) is 1. The Labute approximate surface area is 127 Å². The molecule has 1 heterocycles. The van der Waals surface area contributed by atoms with Crippen LogP contribution < -0.4 is 5.32 Å². The van der Waals surface area contributed by atoms with Gasteiger partial charge in [0.25, 0.3) is 0 Å². The number of ether oxygens (including phenoxy) is 1. The molecule has 2 rings (SSSR count). The summed E-state index contributed by atoms with van der Waals surface area (Å²) in [6, 6.07) is 10.5. The van der Waals surface area contributed by atoms with Gasteiger partial charge < -0.3 is 10.1 Å². The SMILES string of the molecule is CC(C)CCOCCNCCc1cccc2cccnc12. The molecule has 0 aliphatic carbocycles. The molecule has 1 N–H and O–H groups in total. The zero-order valence-corrected chi connectivity index (χ0v) is 13.1. The number of hydrogen-bond donors (Lipinski definition) is 1. The van der Waals surface area contributed by atoms with Crippen molar-refractivity contribution < 1.29 is 4.74 Å². The van der Waals surface area contributed by atoms with Crippen LogP contribution in [-0.4, -0.2) is 31.3 Å². The van der Waals surface area contributed by atoms with Crippen LogP contribution >= 0.6 is 0 Å². The van der Waals surface area contributed by atoms with Crippen LogP contribution in [0.3, 0.4) is 0 Å². The minimum absolute atomic E-state index is 0.719. The molecule has 1 aromatic carbocycles. The smallest absolute Gasteiger partial charge is 0.0734 e. The summed E-state index contributed by atoms with van der Waals surface area (Å²) in [5, 5.41) is 4.65. The van der Waals surface area contributed by atoms with Gasteiger partial charge in [0.1, 0.15) is 0 Å². The first kappa shape index (κ1) is 15.9. The summed E-state index contributed by atoms with van der Waals surface area (Å²) in [4.78, 5) is 4.48. The molecule has 0 aliphatic rings. The lowest BCUT2D eigenvalue weighted by atomic mass is 10.1. The Kier molecular flexibility index (Phi) is 6.64. The molecule has 0 fully saturated rings. The first-order chi connectivity index (χ1) is 10.3. The van der Waals surface area contributed by atoms with Crippen LogP contribution in [0.5, 0.6) is 0 Å². The number of fused-ring (bicyclic) bond motifs is 1. The van der Waals surface area contributed by atoms with Crippen LogP contribution in [0.1, 0.15) is 25.8 Å². The van der Waals surface area contributed by atoms with Gasteiger partial charge in [0.15, 0.2) is 0 Å². The summed E-state index contributed by atoms with van der Waals surface area (Å²) in [6.45, 7) is 7.98. The fourth-order valence-electron chi connectivity index (χ4n) is 2.28. The van der Waals surface area contributed by atoms with Crippen molar-refractivity contribution >= 4 is 10.9 Å². The second kappa shape index (κ2) is 8.75. The highest BCUT2D eigenvalue weighted by Crippen LogP contribution is 2.15. The van der Waals surface area contributed by atoms with E-state index in [1.165, 1.54) is 10.9 Å². The molecule has 0 unspecified atom stereocenters. The Balaban J connectivity index is 1.66. The van der Waals surface area contributed by atoms with Gasteiger partial charge in [0.2, 0.25) is 0 Å². The predicted molar refractivity (Wildman–Crippen MR) is 88.6 cm³/mol. The zero-order valence-electron chi connectivity index (χ0n) is 13.1. The summed E-state index contributed by atoms with van der Waals surface area (Å²) in [5.41, 5.74) is 2.43. The normalized spacial score (nSPS) is 11.4. The standard InChI is InChI=1S/C18H26N2O/c1-15(2)9-13-21-14-12-19-11-8-17-6-3-5-16-7-4-10-20-18(16)17/h3-7,10,15,19H,8-9,11-14H2,1-2H3. The van der Waals surface area contributed by atoms with Crippen LogP contribution in [0.25, 0.3) is 10.9 Å². The van der Waals surface area contributed by atoms with Crippen molar-refractivity contribution in [3.8, 4) is 0 Å². The number of pyridine rings is 1. The Hall–Kier alpha value is -1.45. The van der Waals surface area contributed by atoms with Gasteiger partial charge in [-0.2, -0.15) is 0 Å². The van der Waals surface area contributed by atoms with Crippen LogP contribution in [-0.2, 0) is 11.2 Å². The van der Waals surface area contributed by atoms with E-state index in [1.807, 2.05) is 12.3 Å². The zero-order chi connectivity index (χ0) is 14.9. The first-order valence-electron chi connectivity index (χ1n) is 7.88. The van der Waals surface area contributed by atoms with Gasteiger partial charge in [-0.05, 0) is 36.9 Å². The van der Waals surface area contributed by atoms with E-state index >= 15 is 0 Å². The largest absolute Gasteiger partial charge is 0.380 e. The monoisotopic (exact) mass is 286 g/mol. The Morgan fingerprint density at radius 3 is 2.81 bits per heavy atom. The molecule has 0 spiro atoms. The van der Waals surface area contributed by atoms with E-state index in [4.69, 9.17) is 4.74 Å². The first-order valence-corrected chi connectivity index (χ1v) is 7.88. The molecule has 3 heteroatoms. The third kappa shape index (κ3) is 5.44. The fourth-order valence-corrected chi connectivity index (χ4v) is 2.28. The summed E-state index contributed by atoms with van der Waals surface area (Å²) in [7, 11) is 0. The number of aromatic nitrogens is 1. The van der Waals surface area contributed by atoms with Crippen LogP contribution in [0.4, 0.5) is 0 Å². The van der Waals surface area contributed by atoms with E-state index in [2.05, 4.69) is 48.4 Å². The van der Waals surface area contributed by atoms with Crippen LogP contribution in [0, 0.1) is 5.92 Å². The van der Waals surface area contributed by atoms with E-state index in [-0.39, 0.29) is 0 Å². The summed E-state index contributed by atoms with van der Waals surface area (Å²) >= 11 is 0. The second-order valence-electron chi connectivity index (χ2n) is 5.79. The molecule has 2 aromatic rings. The lowest BCUT2D eigenvalue weighted by molar-refractivity contribution is 0.125. The minimum Gasteiger partial charge on any atom is -0.380 e. The molecule has 1 aromatic heterocycles. The van der Waals surface area contributed by atoms with E-state index in [0.717, 1.165) is 50.6 Å². The van der Waals surface area contributed by atoms with Gasteiger partial charge in [-0.1, -0.05) is 38.1 Å². The number of nitrogens with one attached hydrogen (secondary N) is 1. The average Bonchev–Trinajstić information content (AvgIpc) is 2.50. The highest BCUT2D eigenvalue weighted by atomic mass is 16.5. The van der Waals surface area contributed by atoms with Crippen LogP contribution in [0.2, 0.25) is 0 Å². The van der Waals surface area contributed by atoms with E-state index in [0.29, 0.717) is 0 Å². The molecular weight excluding hydrogens is 260 g/mol. The van der Waals surface area contributed by atoms with Gasteiger partial charge in [-0.25, -0.2) is 0 Å². The molecule has 0 atom stereocenters. The molecule has 0 bridgehead atoms. The van der Waals surface area contributed by atoms with Crippen LogP contribution in [0.15, 0.2) is 36.5 Å². The molecular formula is C18H26N2O. The minimum atomic E-state index is 0.719. The molecule has 114 valence electrons. The highest BCUT2D eigenvalue weighted by molar-refractivity contribution is 5.81. The summed E-state index contributed by atoms with van der Waals surface area (Å²) in [6.07, 6.45) is 4.00. The molecule has 0 amide bonds. The fraction of sp³-hybridized carbons (Fsp3) is 0.500. The van der Waals surface area contributed by atoms with Gasteiger partial charge in [-0.3, -0.25) is 4.98 Å². The number of benzene rings is 1. The van der Waals surface area contributed by atoms with Crippen molar-refractivity contribution in [2.75, 3.05) is 26.3 Å². The van der Waals surface area contributed by atoms with Crippen molar-refractivity contribution in [3.05, 3.63) is 42.1 Å². The molecule has 0 saturated carbocycles. The predicted octanol–water partition coefficient (Wildman–Crippen LogP) is 3.43. The Bertz CT molecular complexity index is 534. The van der Waals surface area contributed by atoms with Gasteiger partial charge >= 0.3 is 0 Å². The van der Waals surface area contributed by atoms with Crippen molar-refractivity contribution in [1.29, 1.82) is 0 Å². The maximum Gasteiger partial charge on any atom is 0.0734 e. The van der Waals surface area contributed by atoms with E-state index in [9.17, 15) is 0 Å². The number of rotatable bonds is 9. The second-order valence-corrected chi connectivity index (χ2v) is 5.79. The van der Waals surface area contributed by atoms with Gasteiger partial charge in [-0.15, -0.1) is 0 Å². The maximum atomic E-state index is 5.59. The molecule has 3 nitrogen and oxygen atoms in total. The summed E-state index contributed by atoms with van der Waals surface area (Å²) < 4.78 is 5.59. The quantitative estimate of drug-likeness (QED) is 0.717. The van der Waals surface area contributed by atoms with Crippen molar-refractivity contribution in [3.63, 3.8) is 0 Å². The molecule has 21 heavy (non-hydrogen) atoms. The topological polar surface area (TPSA) is 34.1 Å². The molecule has 0 radical (unpaired) electrons. The number of para-hydroxylation sites is 1. The maximum absolute atomic E-state index is 5.59. The van der Waals surface area contributed by atoms with Gasteiger partial charge in [0.05, 0.1) is 12.1 Å². The lowest BCUT2D eigenvalue weighted by Gasteiger charge is -2.08. The van der Waals surface area contributed by atoms with Crippen molar-refractivity contribution in [2.24, 2.45) is 5.92 Å². The Morgan fingerprint density at radius 1 is 1.10 bits per heavy atom. The molecule has 0 saturated heterocycles. The highest BCUT2D eigenvalue weighted by Gasteiger charge is 2.01. The Morgan fingerprint density at radius 2 is 1.95 bits per heavy atom. The van der Waals surface area contributed by atoms with E-state index < -0.39 is 0 Å². The third-order valence-corrected chi connectivity index (χ3v) is 3.55. The average molecular weight is 286 g/mol. The number of hydrogen-bond acceptors (Lipinski definition) is 3. The summed E-state index contributed by atoms with van der Waals surface area (Å²) in [5.74, 6) is 0.719. The van der Waals surface area contributed by atoms with Crippen molar-refractivity contribution in [2.45, 2.75) is 26.7 Å². The van der Waals surface area contributed by atoms with Crippen molar-refractivity contribution in [1.82, 2.24) is 10.3 Å².